The lowest BCUT2D eigenvalue weighted by molar-refractivity contribution is -0.117. The fraction of sp³-hybridized carbons (Fsp3) is 0.484. The first-order chi connectivity index (χ1) is 19.8. The largest absolute Gasteiger partial charge is 0.494 e. The first-order valence-corrected chi connectivity index (χ1v) is 14.7. The number of imidazole rings is 1. The van der Waals surface area contributed by atoms with Crippen LogP contribution in [0.1, 0.15) is 55.8 Å². The summed E-state index contributed by atoms with van der Waals surface area (Å²) in [6, 6.07) is 9.96. The zero-order valence-electron chi connectivity index (χ0n) is 24.0. The van der Waals surface area contributed by atoms with E-state index >= 15 is 0 Å². The monoisotopic (exact) mass is 555 g/mol. The lowest BCUT2D eigenvalue weighted by atomic mass is 9.99. The Labute approximate surface area is 239 Å². The van der Waals surface area contributed by atoms with Crippen molar-refractivity contribution in [1.82, 2.24) is 24.0 Å². The Balaban J connectivity index is 1.34. The number of hydrogen-bond donors (Lipinski definition) is 1. The van der Waals surface area contributed by atoms with E-state index in [0.717, 1.165) is 53.9 Å². The molecule has 0 spiro atoms. The van der Waals surface area contributed by atoms with Gasteiger partial charge in [-0.3, -0.25) is 14.5 Å². The van der Waals surface area contributed by atoms with Crippen molar-refractivity contribution in [2.24, 2.45) is 18.7 Å². The Hall–Kier alpha value is -3.92. The van der Waals surface area contributed by atoms with E-state index in [1.165, 1.54) is 12.8 Å². The molecular weight excluding hydrogens is 518 g/mol. The normalized spacial score (nSPS) is 21.4. The first kappa shape index (κ1) is 26.0. The van der Waals surface area contributed by atoms with Crippen molar-refractivity contribution in [3.05, 3.63) is 35.9 Å². The van der Waals surface area contributed by atoms with Gasteiger partial charge in [-0.15, -0.1) is 0 Å². The number of fused-ring (bicyclic) bond motifs is 2. The minimum atomic E-state index is -0.0453. The summed E-state index contributed by atoms with van der Waals surface area (Å²) in [5, 5.41) is 1.02. The molecule has 2 saturated heterocycles. The predicted octanol–water partition coefficient (Wildman–Crippen LogP) is 4.09. The lowest BCUT2D eigenvalue weighted by Gasteiger charge is -2.36. The van der Waals surface area contributed by atoms with Crippen LogP contribution < -0.4 is 15.4 Å². The van der Waals surface area contributed by atoms with Crippen molar-refractivity contribution >= 4 is 39.7 Å². The Bertz CT molecular complexity index is 1680. The number of rotatable bonds is 6. The van der Waals surface area contributed by atoms with Crippen molar-refractivity contribution in [1.29, 1.82) is 0 Å². The number of likely N-dealkylation sites (tertiary alicyclic amines) is 1. The fourth-order valence-corrected chi connectivity index (χ4v) is 6.49. The molecule has 10 nitrogen and oxygen atoms in total. The summed E-state index contributed by atoms with van der Waals surface area (Å²) in [7, 11) is 3.62. The smallest absolute Gasteiger partial charge is 0.254 e. The average molecular weight is 556 g/mol. The molecule has 0 radical (unpaired) electrons. The van der Waals surface area contributed by atoms with Gasteiger partial charge in [0.05, 0.1) is 18.3 Å². The molecule has 2 amide bonds. The molecule has 3 aliphatic rings. The maximum atomic E-state index is 13.6. The van der Waals surface area contributed by atoms with Gasteiger partial charge in [0.1, 0.15) is 22.7 Å². The molecule has 41 heavy (non-hydrogen) atoms. The number of aromatic nitrogens is 4. The summed E-state index contributed by atoms with van der Waals surface area (Å²) < 4.78 is 10.1. The van der Waals surface area contributed by atoms with Crippen LogP contribution in [0.15, 0.2) is 30.3 Å². The van der Waals surface area contributed by atoms with E-state index in [4.69, 9.17) is 20.4 Å². The van der Waals surface area contributed by atoms with Crippen molar-refractivity contribution in [2.75, 3.05) is 25.1 Å². The molecule has 10 heteroatoms. The summed E-state index contributed by atoms with van der Waals surface area (Å²) in [5.41, 5.74) is 10.1. The number of aryl methyl sites for hydroxylation is 1. The van der Waals surface area contributed by atoms with Crippen molar-refractivity contribution in [3.8, 4) is 17.3 Å². The Morgan fingerprint density at radius 3 is 2.68 bits per heavy atom. The molecule has 1 saturated carbocycles. The van der Waals surface area contributed by atoms with E-state index in [0.29, 0.717) is 48.1 Å². The zero-order valence-corrected chi connectivity index (χ0v) is 24.0. The first-order valence-electron chi connectivity index (χ1n) is 14.7. The van der Waals surface area contributed by atoms with Crippen LogP contribution in [0.5, 0.6) is 5.75 Å². The van der Waals surface area contributed by atoms with Crippen LogP contribution in [0.25, 0.3) is 33.6 Å². The molecule has 2 atom stereocenters. The minimum Gasteiger partial charge on any atom is -0.494 e. The fourth-order valence-electron chi connectivity index (χ4n) is 6.49. The highest BCUT2D eigenvalue weighted by Crippen LogP contribution is 2.38. The second-order valence-electron chi connectivity index (χ2n) is 12.0. The van der Waals surface area contributed by atoms with E-state index in [2.05, 4.69) is 23.6 Å². The highest BCUT2D eigenvalue weighted by atomic mass is 16.5. The number of carbonyl (C=O) groups excluding carboxylic acids is 2. The SMILES string of the molecule is COc1cc(C(=O)N2C[C@H](N)CC[C@@H]2C)cc2nc(-c3cc4ccc(N5CCCC5=O)nc4n3CC3CC3)n(C)c12. The quantitative estimate of drug-likeness (QED) is 0.384. The number of benzene rings is 1. The van der Waals surface area contributed by atoms with Gasteiger partial charge >= 0.3 is 0 Å². The van der Waals surface area contributed by atoms with Crippen LogP contribution in [0, 0.1) is 5.92 Å². The van der Waals surface area contributed by atoms with Gasteiger partial charge in [0, 0.05) is 56.1 Å². The third kappa shape index (κ3) is 4.45. The summed E-state index contributed by atoms with van der Waals surface area (Å²) in [6.07, 6.45) is 5.66. The second kappa shape index (κ2) is 9.87. The number of nitrogens with two attached hydrogens (primary N) is 1. The third-order valence-corrected chi connectivity index (χ3v) is 9.03. The van der Waals surface area contributed by atoms with Gasteiger partial charge in [0.25, 0.3) is 5.91 Å². The molecule has 4 aromatic rings. The zero-order chi connectivity index (χ0) is 28.4. The molecule has 2 N–H and O–H groups in total. The van der Waals surface area contributed by atoms with Gasteiger partial charge in [-0.2, -0.15) is 0 Å². The molecule has 5 heterocycles. The number of nitrogens with zero attached hydrogens (tertiary/aromatic N) is 6. The summed E-state index contributed by atoms with van der Waals surface area (Å²) in [5.74, 6) is 2.80. The van der Waals surface area contributed by atoms with E-state index in [9.17, 15) is 9.59 Å². The number of hydrogen-bond acceptors (Lipinski definition) is 6. The predicted molar refractivity (Wildman–Crippen MR) is 158 cm³/mol. The molecule has 7 rings (SSSR count). The summed E-state index contributed by atoms with van der Waals surface area (Å²) in [6.45, 7) is 4.19. The van der Waals surface area contributed by atoms with E-state index < -0.39 is 0 Å². The van der Waals surface area contributed by atoms with E-state index in [1.807, 2.05) is 34.7 Å². The highest BCUT2D eigenvalue weighted by molar-refractivity contribution is 6.00. The van der Waals surface area contributed by atoms with Crippen LogP contribution in [0.4, 0.5) is 5.82 Å². The molecule has 1 aromatic carbocycles. The second-order valence-corrected chi connectivity index (χ2v) is 12.0. The summed E-state index contributed by atoms with van der Waals surface area (Å²) >= 11 is 0. The maximum Gasteiger partial charge on any atom is 0.254 e. The number of ether oxygens (including phenoxy) is 1. The molecule has 3 fully saturated rings. The third-order valence-electron chi connectivity index (χ3n) is 9.03. The van der Waals surface area contributed by atoms with Crippen LogP contribution in [0.3, 0.4) is 0 Å². The van der Waals surface area contributed by atoms with Gasteiger partial charge in [-0.1, -0.05) is 0 Å². The number of carbonyl (C=O) groups is 2. The number of pyridine rings is 1. The minimum absolute atomic E-state index is 0.00618. The molecule has 3 aromatic heterocycles. The van der Waals surface area contributed by atoms with E-state index in [1.54, 1.807) is 12.0 Å². The molecule has 1 aliphatic carbocycles. The Morgan fingerprint density at radius 2 is 1.95 bits per heavy atom. The van der Waals surface area contributed by atoms with Gasteiger partial charge in [0.2, 0.25) is 5.91 Å². The van der Waals surface area contributed by atoms with Gasteiger partial charge in [-0.05, 0) is 75.3 Å². The molecule has 214 valence electrons. The topological polar surface area (TPSA) is 112 Å². The number of anilines is 1. The molecule has 0 bridgehead atoms. The van der Waals surface area contributed by atoms with Crippen molar-refractivity contribution in [2.45, 2.75) is 64.1 Å². The maximum absolute atomic E-state index is 13.6. The Kier molecular flexibility index (Phi) is 6.26. The molecule has 2 aliphatic heterocycles. The van der Waals surface area contributed by atoms with Gasteiger partial charge in [-0.25, -0.2) is 9.97 Å². The van der Waals surface area contributed by atoms with Crippen LogP contribution >= 0.6 is 0 Å². The van der Waals surface area contributed by atoms with Crippen LogP contribution in [-0.2, 0) is 18.4 Å². The average Bonchev–Trinajstić information content (AvgIpc) is 3.44. The number of methoxy groups -OCH3 is 1. The molecule has 0 unspecified atom stereocenters. The van der Waals surface area contributed by atoms with Gasteiger partial charge in [0.15, 0.2) is 5.82 Å². The van der Waals surface area contributed by atoms with Crippen LogP contribution in [0.2, 0.25) is 0 Å². The molecular formula is C31H37N7O3. The standard InChI is InChI=1S/C31H37N7O3/c1-18-6-10-22(32)17-37(18)31(40)21-13-23-28(25(15-21)41-3)35(2)30(33-23)24-14-20-9-11-26(36-12-4-5-27(36)39)34-29(20)38(24)16-19-7-8-19/h9,11,13-15,18-19,22H,4-8,10,12,16-17,32H2,1-3H3/t18-,22+/m0/s1. The van der Waals surface area contributed by atoms with Crippen molar-refractivity contribution in [3.63, 3.8) is 0 Å². The number of amides is 2. The summed E-state index contributed by atoms with van der Waals surface area (Å²) in [4.78, 5) is 39.8. The van der Waals surface area contributed by atoms with Gasteiger partial charge < -0.3 is 24.5 Å². The van der Waals surface area contributed by atoms with Crippen molar-refractivity contribution < 1.29 is 14.3 Å². The lowest BCUT2D eigenvalue weighted by Crippen LogP contribution is -2.50. The van der Waals surface area contributed by atoms with E-state index in [-0.39, 0.29) is 23.9 Å². The Morgan fingerprint density at radius 1 is 1.12 bits per heavy atom. The van der Waals surface area contributed by atoms with Crippen LogP contribution in [-0.4, -0.2) is 68.1 Å². The number of piperidine rings is 1. The highest BCUT2D eigenvalue weighted by Gasteiger charge is 2.31.